The minimum absolute atomic E-state index is 0. The number of benzene rings is 1. The number of aryl methyl sites for hydroxylation is 1. The quantitative estimate of drug-likeness (QED) is 0.820. The largest absolute Gasteiger partial charge is 0.507 e. The molecule has 1 rings (SSSR count). The number of nitrogens with two attached hydrogens (primary N) is 1. The summed E-state index contributed by atoms with van der Waals surface area (Å²) in [4.78, 5) is 11.2. The second-order valence-corrected chi connectivity index (χ2v) is 3.98. The van der Waals surface area contributed by atoms with Gasteiger partial charge in [-0.1, -0.05) is 22.0 Å². The highest BCUT2D eigenvalue weighted by molar-refractivity contribution is 9.10. The van der Waals surface area contributed by atoms with Gasteiger partial charge >= 0.3 is 5.97 Å². The molecule has 0 aromatic heterocycles. The van der Waals surface area contributed by atoms with Crippen molar-refractivity contribution in [1.29, 1.82) is 0 Å². The van der Waals surface area contributed by atoms with Gasteiger partial charge in [0.2, 0.25) is 0 Å². The maximum absolute atomic E-state index is 11.2. The first-order chi connectivity index (χ1) is 6.99. The minimum atomic E-state index is -0.982. The lowest BCUT2D eigenvalue weighted by Crippen LogP contribution is -2.23. The number of methoxy groups -OCH3 is 1. The van der Waals surface area contributed by atoms with Gasteiger partial charge in [0.05, 0.1) is 7.11 Å². The van der Waals surface area contributed by atoms with Crippen molar-refractivity contribution in [2.45, 2.75) is 13.0 Å². The summed E-state index contributed by atoms with van der Waals surface area (Å²) in [5.41, 5.74) is 6.66. The van der Waals surface area contributed by atoms with Crippen LogP contribution in [0.4, 0.5) is 0 Å². The van der Waals surface area contributed by atoms with Gasteiger partial charge in [0, 0.05) is 10.0 Å². The Morgan fingerprint density at radius 2 is 2.12 bits per heavy atom. The molecule has 0 fully saturated rings. The van der Waals surface area contributed by atoms with Crippen molar-refractivity contribution in [3.63, 3.8) is 0 Å². The Bertz CT molecular complexity index is 398. The summed E-state index contributed by atoms with van der Waals surface area (Å²) in [6.07, 6.45) is 0. The number of phenolic OH excluding ortho intramolecular Hbond substituents is 1. The molecule has 0 saturated heterocycles. The van der Waals surface area contributed by atoms with Gasteiger partial charge in [-0.25, -0.2) is 0 Å². The maximum atomic E-state index is 11.2. The predicted molar refractivity (Wildman–Crippen MR) is 66.7 cm³/mol. The standard InChI is InChI=1S/C10H12BrNO3.ClH/c1-5-3-4-6(11)7(9(5)13)8(12)10(14)15-2;/h3-4,8,13H,12H2,1-2H3;1H/t8-;/m0./s1. The third-order valence-corrected chi connectivity index (χ3v) is 2.82. The summed E-state index contributed by atoms with van der Waals surface area (Å²) in [6.45, 7) is 1.73. The Morgan fingerprint density at radius 3 is 2.62 bits per heavy atom. The smallest absolute Gasteiger partial charge is 0.327 e. The van der Waals surface area contributed by atoms with Crippen LogP contribution >= 0.6 is 28.3 Å². The van der Waals surface area contributed by atoms with E-state index in [2.05, 4.69) is 20.7 Å². The summed E-state index contributed by atoms with van der Waals surface area (Å²) in [5.74, 6) is -0.570. The van der Waals surface area contributed by atoms with Gasteiger partial charge in [0.1, 0.15) is 11.8 Å². The third kappa shape index (κ3) is 2.87. The van der Waals surface area contributed by atoms with Gasteiger partial charge in [-0.05, 0) is 18.6 Å². The van der Waals surface area contributed by atoms with Crippen LogP contribution in [0.5, 0.6) is 5.75 Å². The van der Waals surface area contributed by atoms with E-state index in [0.29, 0.717) is 15.6 Å². The molecule has 0 heterocycles. The first-order valence-electron chi connectivity index (χ1n) is 4.30. The van der Waals surface area contributed by atoms with E-state index in [1.807, 2.05) is 0 Å². The molecule has 4 nitrogen and oxygen atoms in total. The van der Waals surface area contributed by atoms with Crippen LogP contribution < -0.4 is 5.73 Å². The van der Waals surface area contributed by atoms with Gasteiger partial charge in [-0.2, -0.15) is 0 Å². The molecular formula is C10H13BrClNO3. The fraction of sp³-hybridized carbons (Fsp3) is 0.300. The van der Waals surface area contributed by atoms with Gasteiger partial charge in [0.15, 0.2) is 0 Å². The summed E-state index contributed by atoms with van der Waals surface area (Å²) in [7, 11) is 1.25. The zero-order valence-electron chi connectivity index (χ0n) is 8.86. The van der Waals surface area contributed by atoms with E-state index in [4.69, 9.17) is 5.73 Å². The molecule has 0 saturated carbocycles. The van der Waals surface area contributed by atoms with Crippen LogP contribution in [0.2, 0.25) is 0 Å². The number of phenols is 1. The first kappa shape index (κ1) is 15.2. The summed E-state index contributed by atoms with van der Waals surface area (Å²) < 4.78 is 5.11. The second-order valence-electron chi connectivity index (χ2n) is 3.13. The number of aromatic hydroxyl groups is 1. The molecule has 1 aromatic rings. The molecule has 0 aliphatic rings. The van der Waals surface area contributed by atoms with E-state index in [1.165, 1.54) is 7.11 Å². The number of hydrogen-bond acceptors (Lipinski definition) is 4. The lowest BCUT2D eigenvalue weighted by Gasteiger charge is -2.14. The van der Waals surface area contributed by atoms with E-state index < -0.39 is 12.0 Å². The van der Waals surface area contributed by atoms with Gasteiger partial charge in [-0.15, -0.1) is 12.4 Å². The molecule has 6 heteroatoms. The van der Waals surface area contributed by atoms with Crippen molar-refractivity contribution in [3.8, 4) is 5.75 Å². The van der Waals surface area contributed by atoms with Crippen LogP contribution in [0, 0.1) is 6.92 Å². The summed E-state index contributed by atoms with van der Waals surface area (Å²) in [5, 5.41) is 9.78. The summed E-state index contributed by atoms with van der Waals surface area (Å²) in [6, 6.07) is 2.48. The van der Waals surface area contributed by atoms with Gasteiger partial charge < -0.3 is 15.6 Å². The van der Waals surface area contributed by atoms with Crippen molar-refractivity contribution in [1.82, 2.24) is 0 Å². The highest BCUT2D eigenvalue weighted by Gasteiger charge is 2.23. The number of hydrogen-bond donors (Lipinski definition) is 2. The van der Waals surface area contributed by atoms with E-state index in [9.17, 15) is 9.90 Å². The third-order valence-electron chi connectivity index (χ3n) is 2.13. The average Bonchev–Trinajstić information content (AvgIpc) is 2.22. The fourth-order valence-corrected chi connectivity index (χ4v) is 1.80. The Kier molecular flexibility index (Phi) is 5.78. The molecule has 0 aliphatic heterocycles. The molecule has 0 aliphatic carbocycles. The zero-order valence-corrected chi connectivity index (χ0v) is 11.3. The van der Waals surface area contributed by atoms with Crippen molar-refractivity contribution in [2.75, 3.05) is 7.11 Å². The molecule has 0 amide bonds. The van der Waals surface area contributed by atoms with Crippen molar-refractivity contribution in [3.05, 3.63) is 27.7 Å². The van der Waals surface area contributed by atoms with E-state index in [1.54, 1.807) is 19.1 Å². The molecule has 90 valence electrons. The van der Waals surface area contributed by atoms with E-state index >= 15 is 0 Å². The van der Waals surface area contributed by atoms with Gasteiger partial charge in [0.25, 0.3) is 0 Å². The monoisotopic (exact) mass is 309 g/mol. The number of halogens is 2. The predicted octanol–water partition coefficient (Wildman–Crippen LogP) is 2.06. The number of ether oxygens (including phenoxy) is 1. The average molecular weight is 311 g/mol. The Morgan fingerprint density at radius 1 is 1.56 bits per heavy atom. The van der Waals surface area contributed by atoms with Crippen molar-refractivity contribution in [2.24, 2.45) is 5.73 Å². The fourth-order valence-electron chi connectivity index (χ4n) is 1.23. The number of esters is 1. The first-order valence-corrected chi connectivity index (χ1v) is 5.09. The topological polar surface area (TPSA) is 72.5 Å². The molecule has 1 aromatic carbocycles. The van der Waals surface area contributed by atoms with E-state index in [0.717, 1.165) is 0 Å². The maximum Gasteiger partial charge on any atom is 0.327 e. The zero-order chi connectivity index (χ0) is 11.6. The lowest BCUT2D eigenvalue weighted by molar-refractivity contribution is -0.142. The molecule has 0 unspecified atom stereocenters. The molecule has 0 bridgehead atoms. The Labute approximate surface area is 108 Å². The number of carbonyl (C=O) groups excluding carboxylic acids is 1. The van der Waals surface area contributed by atoms with Crippen LogP contribution in [-0.2, 0) is 9.53 Å². The Balaban J connectivity index is 0.00000225. The Hall–Kier alpha value is -0.780. The van der Waals surface area contributed by atoms with E-state index in [-0.39, 0.29) is 18.2 Å². The lowest BCUT2D eigenvalue weighted by atomic mass is 10.0. The SMILES string of the molecule is COC(=O)[C@@H](N)c1c(Br)ccc(C)c1O.Cl. The second kappa shape index (κ2) is 6.08. The molecule has 16 heavy (non-hydrogen) atoms. The highest BCUT2D eigenvalue weighted by atomic mass is 79.9. The normalized spacial score (nSPS) is 11.5. The molecule has 3 N–H and O–H groups in total. The van der Waals surface area contributed by atoms with Crippen LogP contribution in [0.25, 0.3) is 0 Å². The number of carbonyl (C=O) groups is 1. The molecular weight excluding hydrogens is 297 g/mol. The van der Waals surface area contributed by atoms with Gasteiger partial charge in [-0.3, -0.25) is 4.79 Å². The van der Waals surface area contributed by atoms with Crippen LogP contribution in [-0.4, -0.2) is 18.2 Å². The molecule has 0 spiro atoms. The van der Waals surface area contributed by atoms with Crippen LogP contribution in [0.1, 0.15) is 17.2 Å². The minimum Gasteiger partial charge on any atom is -0.507 e. The molecule has 0 radical (unpaired) electrons. The van der Waals surface area contributed by atoms with Crippen LogP contribution in [0.3, 0.4) is 0 Å². The van der Waals surface area contributed by atoms with Crippen molar-refractivity contribution >= 4 is 34.3 Å². The van der Waals surface area contributed by atoms with Crippen LogP contribution in [0.15, 0.2) is 16.6 Å². The number of rotatable bonds is 2. The summed E-state index contributed by atoms with van der Waals surface area (Å²) >= 11 is 3.23. The highest BCUT2D eigenvalue weighted by Crippen LogP contribution is 2.33. The molecule has 1 atom stereocenters. The van der Waals surface area contributed by atoms with Crippen molar-refractivity contribution < 1.29 is 14.6 Å².